The first-order valence-electron chi connectivity index (χ1n) is 3.20. The third-order valence-electron chi connectivity index (χ3n) is 1.73. The zero-order valence-electron chi connectivity index (χ0n) is 5.52. The number of piperidine rings is 1. The van der Waals surface area contributed by atoms with E-state index in [9.17, 15) is 9.50 Å². The van der Waals surface area contributed by atoms with Crippen molar-refractivity contribution in [3.05, 3.63) is 0 Å². The number of hydrogen-bond donors (Lipinski definition) is 2. The van der Waals surface area contributed by atoms with Gasteiger partial charge in [0.1, 0.15) is 11.8 Å². The SMILES string of the molecule is CC1(O)CNCCC1F. The Balaban J connectivity index is 2.49. The van der Waals surface area contributed by atoms with E-state index in [2.05, 4.69) is 5.32 Å². The average Bonchev–Trinajstić information content (AvgIpc) is 1.77. The summed E-state index contributed by atoms with van der Waals surface area (Å²) < 4.78 is 12.7. The second-order valence-electron chi connectivity index (χ2n) is 2.79. The first-order chi connectivity index (χ1) is 4.13. The lowest BCUT2D eigenvalue weighted by Gasteiger charge is -2.32. The molecule has 0 aromatic heterocycles. The minimum Gasteiger partial charge on any atom is -0.386 e. The highest BCUT2D eigenvalue weighted by molar-refractivity contribution is 4.88. The number of aliphatic hydroxyl groups is 1. The Kier molecular flexibility index (Phi) is 1.73. The van der Waals surface area contributed by atoms with Gasteiger partial charge in [0.25, 0.3) is 0 Å². The molecule has 0 aromatic carbocycles. The minimum absolute atomic E-state index is 0.369. The van der Waals surface area contributed by atoms with Crippen molar-refractivity contribution in [2.45, 2.75) is 25.1 Å². The van der Waals surface area contributed by atoms with Gasteiger partial charge in [0.15, 0.2) is 0 Å². The average molecular weight is 133 g/mol. The van der Waals surface area contributed by atoms with Gasteiger partial charge in [-0.15, -0.1) is 0 Å². The molecule has 2 N–H and O–H groups in total. The van der Waals surface area contributed by atoms with E-state index in [-0.39, 0.29) is 0 Å². The molecule has 2 unspecified atom stereocenters. The quantitative estimate of drug-likeness (QED) is 0.490. The van der Waals surface area contributed by atoms with Crippen LogP contribution in [-0.4, -0.2) is 30.0 Å². The maximum Gasteiger partial charge on any atom is 0.131 e. The van der Waals surface area contributed by atoms with Crippen molar-refractivity contribution >= 4 is 0 Å². The van der Waals surface area contributed by atoms with Crippen LogP contribution in [0.4, 0.5) is 4.39 Å². The fourth-order valence-corrected chi connectivity index (χ4v) is 0.992. The van der Waals surface area contributed by atoms with E-state index in [1.807, 2.05) is 0 Å². The summed E-state index contributed by atoms with van der Waals surface area (Å²) in [5.41, 5.74) is -1.14. The van der Waals surface area contributed by atoms with Crippen LogP contribution < -0.4 is 5.32 Å². The van der Waals surface area contributed by atoms with Gasteiger partial charge >= 0.3 is 0 Å². The van der Waals surface area contributed by atoms with Gasteiger partial charge < -0.3 is 10.4 Å². The summed E-state index contributed by atoms with van der Waals surface area (Å²) in [6.07, 6.45) is -0.633. The summed E-state index contributed by atoms with van der Waals surface area (Å²) >= 11 is 0. The predicted octanol–water partition coefficient (Wildman–Crippen LogP) is 0.0688. The van der Waals surface area contributed by atoms with E-state index < -0.39 is 11.8 Å². The molecule has 1 heterocycles. The van der Waals surface area contributed by atoms with Crippen LogP contribution in [0.5, 0.6) is 0 Å². The number of rotatable bonds is 0. The third-order valence-corrected chi connectivity index (χ3v) is 1.73. The van der Waals surface area contributed by atoms with Crippen molar-refractivity contribution in [3.63, 3.8) is 0 Å². The van der Waals surface area contributed by atoms with Crippen molar-refractivity contribution in [2.75, 3.05) is 13.1 Å². The molecule has 1 aliphatic rings. The lowest BCUT2D eigenvalue weighted by molar-refractivity contribution is -0.0360. The van der Waals surface area contributed by atoms with Crippen LogP contribution in [0.3, 0.4) is 0 Å². The highest BCUT2D eigenvalue weighted by Gasteiger charge is 2.34. The Morgan fingerprint density at radius 1 is 1.78 bits per heavy atom. The molecule has 2 atom stereocenters. The van der Waals surface area contributed by atoms with Gasteiger partial charge in [0.05, 0.1) is 0 Å². The van der Waals surface area contributed by atoms with Crippen molar-refractivity contribution in [1.82, 2.24) is 5.32 Å². The molecule has 1 fully saturated rings. The van der Waals surface area contributed by atoms with Crippen molar-refractivity contribution in [2.24, 2.45) is 0 Å². The maximum atomic E-state index is 12.7. The number of halogens is 1. The maximum absolute atomic E-state index is 12.7. The van der Waals surface area contributed by atoms with Gasteiger partial charge in [0.2, 0.25) is 0 Å². The minimum atomic E-state index is -1.14. The van der Waals surface area contributed by atoms with E-state index in [0.29, 0.717) is 19.5 Å². The molecule has 0 amide bonds. The Bertz CT molecular complexity index is 105. The molecule has 1 saturated heterocycles. The molecule has 54 valence electrons. The lowest BCUT2D eigenvalue weighted by atomic mass is 9.95. The largest absolute Gasteiger partial charge is 0.386 e. The second-order valence-corrected chi connectivity index (χ2v) is 2.79. The van der Waals surface area contributed by atoms with E-state index in [1.54, 1.807) is 0 Å². The smallest absolute Gasteiger partial charge is 0.131 e. The predicted molar refractivity (Wildman–Crippen MR) is 33.0 cm³/mol. The molecule has 1 aliphatic heterocycles. The van der Waals surface area contributed by atoms with Crippen LogP contribution >= 0.6 is 0 Å². The highest BCUT2D eigenvalue weighted by Crippen LogP contribution is 2.18. The van der Waals surface area contributed by atoms with Crippen LogP contribution in [-0.2, 0) is 0 Å². The number of hydrogen-bond acceptors (Lipinski definition) is 2. The van der Waals surface area contributed by atoms with Gasteiger partial charge in [-0.2, -0.15) is 0 Å². The molecule has 0 saturated carbocycles. The zero-order chi connectivity index (χ0) is 6.91. The molecule has 0 bridgehead atoms. The molecular weight excluding hydrogens is 121 g/mol. The summed E-state index contributed by atoms with van der Waals surface area (Å²) in [7, 11) is 0. The highest BCUT2D eigenvalue weighted by atomic mass is 19.1. The van der Waals surface area contributed by atoms with Crippen LogP contribution in [0.15, 0.2) is 0 Å². The molecule has 1 rings (SSSR count). The fourth-order valence-electron chi connectivity index (χ4n) is 0.992. The van der Waals surface area contributed by atoms with Gasteiger partial charge in [-0.05, 0) is 19.9 Å². The summed E-state index contributed by atoms with van der Waals surface area (Å²) in [6.45, 7) is 2.56. The first kappa shape index (κ1) is 6.96. The number of β-amino-alcohol motifs (C(OH)–C–C–N with tert-alkyl or cyclic N) is 1. The van der Waals surface area contributed by atoms with Crippen molar-refractivity contribution in [3.8, 4) is 0 Å². The van der Waals surface area contributed by atoms with Crippen LogP contribution in [0.1, 0.15) is 13.3 Å². The molecule has 2 nitrogen and oxygen atoms in total. The van der Waals surface area contributed by atoms with E-state index in [4.69, 9.17) is 0 Å². The van der Waals surface area contributed by atoms with E-state index in [1.165, 1.54) is 6.92 Å². The van der Waals surface area contributed by atoms with E-state index in [0.717, 1.165) is 0 Å². The summed E-state index contributed by atoms with van der Waals surface area (Å²) in [6, 6.07) is 0. The molecule has 0 aliphatic carbocycles. The number of nitrogens with one attached hydrogen (secondary N) is 1. The van der Waals surface area contributed by atoms with Crippen LogP contribution in [0, 0.1) is 0 Å². The standard InChI is InChI=1S/C6H12FNO/c1-6(9)4-8-3-2-5(6)7/h5,8-9H,2-4H2,1H3. The monoisotopic (exact) mass is 133 g/mol. The van der Waals surface area contributed by atoms with Gasteiger partial charge in [-0.25, -0.2) is 4.39 Å². The Hall–Kier alpha value is -0.150. The zero-order valence-corrected chi connectivity index (χ0v) is 5.52. The first-order valence-corrected chi connectivity index (χ1v) is 3.20. The van der Waals surface area contributed by atoms with Crippen molar-refractivity contribution in [1.29, 1.82) is 0 Å². The Labute approximate surface area is 54.1 Å². The topological polar surface area (TPSA) is 32.3 Å². The molecule has 0 spiro atoms. The molecule has 0 aromatic rings. The van der Waals surface area contributed by atoms with Crippen LogP contribution in [0.25, 0.3) is 0 Å². The second kappa shape index (κ2) is 2.23. The number of alkyl halides is 1. The molecule has 0 radical (unpaired) electrons. The summed E-state index contributed by atoms with van der Waals surface area (Å²) in [5, 5.41) is 12.1. The van der Waals surface area contributed by atoms with Crippen LogP contribution in [0.2, 0.25) is 0 Å². The van der Waals surface area contributed by atoms with Gasteiger partial charge in [0, 0.05) is 6.54 Å². The van der Waals surface area contributed by atoms with Crippen molar-refractivity contribution < 1.29 is 9.50 Å². The van der Waals surface area contributed by atoms with Gasteiger partial charge in [-0.1, -0.05) is 0 Å². The fraction of sp³-hybridized carbons (Fsp3) is 1.00. The Morgan fingerprint density at radius 2 is 2.44 bits per heavy atom. The summed E-state index contributed by atoms with van der Waals surface area (Å²) in [4.78, 5) is 0. The molecule has 3 heteroatoms. The normalized spacial score (nSPS) is 45.0. The lowest BCUT2D eigenvalue weighted by Crippen LogP contribution is -2.51. The Morgan fingerprint density at radius 3 is 2.78 bits per heavy atom. The van der Waals surface area contributed by atoms with Gasteiger partial charge in [-0.3, -0.25) is 0 Å². The summed E-state index contributed by atoms with van der Waals surface area (Å²) in [5.74, 6) is 0. The molecular formula is C6H12FNO. The third kappa shape index (κ3) is 1.40. The molecule has 9 heavy (non-hydrogen) atoms. The van der Waals surface area contributed by atoms with E-state index >= 15 is 0 Å².